The molecule has 2 amide bonds. The summed E-state index contributed by atoms with van der Waals surface area (Å²) in [5.74, 6) is 0.413. The lowest BCUT2D eigenvalue weighted by Crippen LogP contribution is -2.28. The number of aromatic nitrogens is 1. The van der Waals surface area contributed by atoms with Crippen molar-refractivity contribution in [3.05, 3.63) is 78.5 Å². The minimum absolute atomic E-state index is 0.163. The van der Waals surface area contributed by atoms with Crippen LogP contribution in [0.5, 0.6) is 0 Å². The van der Waals surface area contributed by atoms with Crippen molar-refractivity contribution in [1.29, 1.82) is 0 Å². The second-order valence-electron chi connectivity index (χ2n) is 8.18. The Bertz CT molecular complexity index is 1270. The number of rotatable bonds is 7. The molecule has 0 radical (unpaired) electrons. The van der Waals surface area contributed by atoms with Gasteiger partial charge in [0.25, 0.3) is 5.91 Å². The third-order valence-electron chi connectivity index (χ3n) is 5.57. The summed E-state index contributed by atoms with van der Waals surface area (Å²) in [6, 6.07) is 18.4. The molecule has 0 bridgehead atoms. The molecule has 0 atom stereocenters. The maximum Gasteiger partial charge on any atom is 0.259 e. The number of hydrogen-bond donors (Lipinski definition) is 0. The lowest BCUT2D eigenvalue weighted by Gasteiger charge is -2.23. The van der Waals surface area contributed by atoms with Gasteiger partial charge in [-0.15, -0.1) is 0 Å². The maximum atomic E-state index is 13.0. The summed E-state index contributed by atoms with van der Waals surface area (Å²) in [4.78, 5) is 32.9. The smallest absolute Gasteiger partial charge is 0.259 e. The van der Waals surface area contributed by atoms with E-state index in [4.69, 9.17) is 0 Å². The molecule has 0 spiro atoms. The van der Waals surface area contributed by atoms with Gasteiger partial charge in [-0.2, -0.15) is 0 Å². The number of nitrogens with zero attached hydrogens (tertiary/aromatic N) is 3. The van der Waals surface area contributed by atoms with Gasteiger partial charge in [0.1, 0.15) is 5.82 Å². The standard InChI is InChI=1S/C25H25N3O4S/c1-18(29)28(21-11-13-23(14-12-21)33(31,32)17-19-9-10-19)22-7-5-6-20(16-22)25(30)27(2)24-8-3-4-15-26-24/h3-8,11-16,19H,9-10,17H2,1-2H3. The second-order valence-corrected chi connectivity index (χ2v) is 10.2. The van der Waals surface area contributed by atoms with Crippen molar-refractivity contribution in [1.82, 2.24) is 4.98 Å². The van der Waals surface area contributed by atoms with Crippen LogP contribution in [0.25, 0.3) is 0 Å². The quantitative estimate of drug-likeness (QED) is 0.523. The fraction of sp³-hybridized carbons (Fsp3) is 0.240. The Balaban J connectivity index is 1.61. The Morgan fingerprint density at radius 3 is 2.30 bits per heavy atom. The van der Waals surface area contributed by atoms with Crippen molar-refractivity contribution in [2.24, 2.45) is 5.92 Å². The number of amides is 2. The molecule has 0 aliphatic heterocycles. The number of carbonyl (C=O) groups excluding carboxylic acids is 2. The van der Waals surface area contributed by atoms with Gasteiger partial charge < -0.3 is 0 Å². The lowest BCUT2D eigenvalue weighted by atomic mass is 10.1. The van der Waals surface area contributed by atoms with Crippen molar-refractivity contribution >= 4 is 38.8 Å². The molecule has 1 fully saturated rings. The van der Waals surface area contributed by atoms with Crippen molar-refractivity contribution in [3.63, 3.8) is 0 Å². The van der Waals surface area contributed by atoms with Crippen molar-refractivity contribution in [2.75, 3.05) is 22.6 Å². The summed E-state index contributed by atoms with van der Waals surface area (Å²) in [7, 11) is -1.70. The number of pyridine rings is 1. The normalized spacial score (nSPS) is 13.4. The monoisotopic (exact) mass is 463 g/mol. The predicted molar refractivity (Wildman–Crippen MR) is 127 cm³/mol. The number of sulfone groups is 1. The van der Waals surface area contributed by atoms with Crippen LogP contribution >= 0.6 is 0 Å². The number of hydrogen-bond acceptors (Lipinski definition) is 5. The van der Waals surface area contributed by atoms with E-state index in [0.29, 0.717) is 22.8 Å². The number of anilines is 3. The summed E-state index contributed by atoms with van der Waals surface area (Å²) in [6.07, 6.45) is 3.53. The van der Waals surface area contributed by atoms with Crippen LogP contribution in [-0.4, -0.2) is 38.0 Å². The van der Waals surface area contributed by atoms with Crippen LogP contribution in [0, 0.1) is 5.92 Å². The highest BCUT2D eigenvalue weighted by atomic mass is 32.2. The molecule has 8 heteroatoms. The highest BCUT2D eigenvalue weighted by molar-refractivity contribution is 7.91. The van der Waals surface area contributed by atoms with Crippen LogP contribution in [0.1, 0.15) is 30.1 Å². The summed E-state index contributed by atoms with van der Waals surface area (Å²) < 4.78 is 25.1. The second kappa shape index (κ2) is 9.15. The average molecular weight is 464 g/mol. The Hall–Kier alpha value is -3.52. The zero-order valence-corrected chi connectivity index (χ0v) is 19.3. The Morgan fingerprint density at radius 2 is 1.70 bits per heavy atom. The predicted octanol–water partition coefficient (Wildman–Crippen LogP) is 4.23. The Kier molecular flexibility index (Phi) is 6.29. The fourth-order valence-corrected chi connectivity index (χ4v) is 5.33. The fourth-order valence-electron chi connectivity index (χ4n) is 3.63. The zero-order chi connectivity index (χ0) is 23.6. The summed E-state index contributed by atoms with van der Waals surface area (Å²) in [5, 5.41) is 0. The molecule has 1 aromatic heterocycles. The first kappa shape index (κ1) is 22.7. The van der Waals surface area contributed by atoms with E-state index in [1.54, 1.807) is 67.8 Å². The zero-order valence-electron chi connectivity index (χ0n) is 18.5. The van der Waals surface area contributed by atoms with Gasteiger partial charge in [-0.05, 0) is 73.4 Å². The molecule has 2 aromatic carbocycles. The first-order valence-corrected chi connectivity index (χ1v) is 12.3. The molecule has 0 unspecified atom stereocenters. The minimum atomic E-state index is -3.34. The summed E-state index contributed by atoms with van der Waals surface area (Å²) >= 11 is 0. The highest BCUT2D eigenvalue weighted by Crippen LogP contribution is 2.33. The number of benzene rings is 2. The molecule has 33 heavy (non-hydrogen) atoms. The highest BCUT2D eigenvalue weighted by Gasteiger charge is 2.29. The van der Waals surface area contributed by atoms with Gasteiger partial charge in [0.2, 0.25) is 5.91 Å². The Labute approximate surface area is 193 Å². The van der Waals surface area contributed by atoms with Crippen LogP contribution in [-0.2, 0) is 14.6 Å². The van der Waals surface area contributed by atoms with Crippen LogP contribution in [0.4, 0.5) is 17.2 Å². The van der Waals surface area contributed by atoms with Gasteiger partial charge in [-0.1, -0.05) is 12.1 Å². The largest absolute Gasteiger partial charge is 0.296 e. The van der Waals surface area contributed by atoms with E-state index < -0.39 is 9.84 Å². The van der Waals surface area contributed by atoms with Gasteiger partial charge in [-0.25, -0.2) is 13.4 Å². The van der Waals surface area contributed by atoms with E-state index in [0.717, 1.165) is 12.8 Å². The van der Waals surface area contributed by atoms with Crippen LogP contribution in [0.3, 0.4) is 0 Å². The van der Waals surface area contributed by atoms with Crippen molar-refractivity contribution < 1.29 is 18.0 Å². The molecule has 7 nitrogen and oxygen atoms in total. The van der Waals surface area contributed by atoms with E-state index in [2.05, 4.69) is 4.98 Å². The Morgan fingerprint density at radius 1 is 0.970 bits per heavy atom. The summed E-state index contributed by atoms with van der Waals surface area (Å²) in [6.45, 7) is 1.42. The molecular weight excluding hydrogens is 438 g/mol. The molecule has 3 aromatic rings. The third-order valence-corrected chi connectivity index (χ3v) is 7.47. The van der Waals surface area contributed by atoms with Gasteiger partial charge in [-0.3, -0.25) is 19.4 Å². The molecule has 1 aliphatic carbocycles. The average Bonchev–Trinajstić information content (AvgIpc) is 3.62. The minimum Gasteiger partial charge on any atom is -0.296 e. The van der Waals surface area contributed by atoms with E-state index >= 15 is 0 Å². The topological polar surface area (TPSA) is 87.7 Å². The first-order chi connectivity index (χ1) is 15.8. The third kappa shape index (κ3) is 5.12. The van der Waals surface area contributed by atoms with Crippen molar-refractivity contribution in [2.45, 2.75) is 24.7 Å². The molecule has 0 N–H and O–H groups in total. The van der Waals surface area contributed by atoms with E-state index in [1.165, 1.54) is 28.9 Å². The molecular formula is C25H25N3O4S. The van der Waals surface area contributed by atoms with Crippen molar-refractivity contribution in [3.8, 4) is 0 Å². The van der Waals surface area contributed by atoms with Crippen LogP contribution in [0.2, 0.25) is 0 Å². The van der Waals surface area contributed by atoms with Gasteiger partial charge in [0.05, 0.1) is 10.6 Å². The van der Waals surface area contributed by atoms with Gasteiger partial charge in [0, 0.05) is 37.1 Å². The lowest BCUT2D eigenvalue weighted by molar-refractivity contribution is -0.115. The van der Waals surface area contributed by atoms with E-state index in [-0.39, 0.29) is 28.4 Å². The molecule has 1 heterocycles. The van der Waals surface area contributed by atoms with Gasteiger partial charge >= 0.3 is 0 Å². The first-order valence-electron chi connectivity index (χ1n) is 10.7. The number of carbonyl (C=O) groups is 2. The molecule has 0 saturated heterocycles. The molecule has 170 valence electrons. The van der Waals surface area contributed by atoms with E-state index in [1.807, 2.05) is 0 Å². The van der Waals surface area contributed by atoms with Crippen LogP contribution in [0.15, 0.2) is 77.8 Å². The molecule has 4 rings (SSSR count). The molecule has 1 saturated carbocycles. The maximum absolute atomic E-state index is 13.0. The van der Waals surface area contributed by atoms with Crippen LogP contribution < -0.4 is 9.80 Å². The molecule has 1 aliphatic rings. The van der Waals surface area contributed by atoms with E-state index in [9.17, 15) is 18.0 Å². The SMILES string of the molecule is CC(=O)N(c1ccc(S(=O)(=O)CC2CC2)cc1)c1cccc(C(=O)N(C)c2ccccn2)c1. The van der Waals surface area contributed by atoms with Gasteiger partial charge in [0.15, 0.2) is 9.84 Å². The summed E-state index contributed by atoms with van der Waals surface area (Å²) in [5.41, 5.74) is 1.43.